The number of imide groups is 1. The molecule has 0 atom stereocenters. The number of amides is 2. The molecule has 7 heteroatoms. The van der Waals surface area contributed by atoms with Crippen LogP contribution < -0.4 is 4.74 Å². The summed E-state index contributed by atoms with van der Waals surface area (Å²) in [5.74, 6) is -0.397. The van der Waals surface area contributed by atoms with Gasteiger partial charge in [0.05, 0.1) is 23.6 Å². The van der Waals surface area contributed by atoms with Crippen molar-refractivity contribution in [1.29, 1.82) is 5.26 Å². The van der Waals surface area contributed by atoms with Crippen LogP contribution in [0.4, 0.5) is 4.79 Å². The lowest BCUT2D eigenvalue weighted by Crippen LogP contribution is -2.22. The van der Waals surface area contributed by atoms with Crippen molar-refractivity contribution < 1.29 is 19.4 Å². The summed E-state index contributed by atoms with van der Waals surface area (Å²) in [6.45, 7) is 0. The van der Waals surface area contributed by atoms with Gasteiger partial charge in [-0.2, -0.15) is 5.26 Å². The van der Waals surface area contributed by atoms with Gasteiger partial charge >= 0.3 is 0 Å². The van der Waals surface area contributed by atoms with Gasteiger partial charge in [0.1, 0.15) is 0 Å². The highest BCUT2D eigenvalue weighted by Crippen LogP contribution is 2.34. The van der Waals surface area contributed by atoms with Crippen LogP contribution in [0.1, 0.15) is 11.1 Å². The first kappa shape index (κ1) is 14.0. The van der Waals surface area contributed by atoms with E-state index in [4.69, 9.17) is 10.00 Å². The zero-order valence-corrected chi connectivity index (χ0v) is 11.5. The van der Waals surface area contributed by atoms with E-state index in [-0.39, 0.29) is 27.2 Å². The van der Waals surface area contributed by atoms with Crippen molar-refractivity contribution in [3.63, 3.8) is 0 Å². The molecular weight excluding hydrogens is 280 g/mol. The Morgan fingerprint density at radius 1 is 1.45 bits per heavy atom. The van der Waals surface area contributed by atoms with E-state index in [0.29, 0.717) is 5.56 Å². The summed E-state index contributed by atoms with van der Waals surface area (Å²) < 4.78 is 4.96. The fourth-order valence-electron chi connectivity index (χ4n) is 1.65. The van der Waals surface area contributed by atoms with Gasteiger partial charge in [0.25, 0.3) is 11.1 Å². The number of phenolic OH excluding ortho intramolecular Hbond substituents is 1. The molecular formula is C13H10N2O4S. The Balaban J connectivity index is 2.51. The fraction of sp³-hybridized carbons (Fsp3) is 0.154. The van der Waals surface area contributed by atoms with Crippen molar-refractivity contribution in [3.05, 3.63) is 28.2 Å². The van der Waals surface area contributed by atoms with Crippen molar-refractivity contribution in [2.45, 2.75) is 0 Å². The lowest BCUT2D eigenvalue weighted by atomic mass is 10.1. The summed E-state index contributed by atoms with van der Waals surface area (Å²) in [4.78, 5) is 24.4. The van der Waals surface area contributed by atoms with E-state index < -0.39 is 5.91 Å². The first-order valence-corrected chi connectivity index (χ1v) is 6.32. The van der Waals surface area contributed by atoms with Crippen molar-refractivity contribution in [2.75, 3.05) is 14.2 Å². The number of thioether (sulfide) groups is 1. The van der Waals surface area contributed by atoms with E-state index >= 15 is 0 Å². The number of carbonyl (C=O) groups excluding carboxylic acids is 2. The number of phenols is 1. The molecule has 0 radical (unpaired) electrons. The van der Waals surface area contributed by atoms with E-state index in [0.717, 1.165) is 16.7 Å². The van der Waals surface area contributed by atoms with Crippen LogP contribution in [0.15, 0.2) is 17.0 Å². The molecule has 2 amide bonds. The largest absolute Gasteiger partial charge is 0.504 e. The Bertz CT molecular complexity index is 676. The molecule has 1 N–H and O–H groups in total. The zero-order chi connectivity index (χ0) is 14.9. The summed E-state index contributed by atoms with van der Waals surface area (Å²) in [5, 5.41) is 18.3. The molecule has 2 rings (SSSR count). The van der Waals surface area contributed by atoms with Crippen molar-refractivity contribution in [3.8, 4) is 17.6 Å². The topological polar surface area (TPSA) is 90.6 Å². The number of aromatic hydroxyl groups is 1. The van der Waals surface area contributed by atoms with Gasteiger partial charge in [0, 0.05) is 13.1 Å². The minimum atomic E-state index is -0.420. The monoisotopic (exact) mass is 290 g/mol. The van der Waals surface area contributed by atoms with E-state index in [1.54, 1.807) is 0 Å². The van der Waals surface area contributed by atoms with Gasteiger partial charge in [-0.3, -0.25) is 14.5 Å². The highest BCUT2D eigenvalue weighted by molar-refractivity contribution is 8.18. The summed E-state index contributed by atoms with van der Waals surface area (Å²) in [6.07, 6.45) is 1.44. The van der Waals surface area contributed by atoms with Crippen LogP contribution in [0.25, 0.3) is 6.08 Å². The maximum absolute atomic E-state index is 11.8. The molecule has 0 unspecified atom stereocenters. The number of methoxy groups -OCH3 is 1. The SMILES string of the molecule is COc1cc(/C=C2\SC(=O)N(C)C2=O)c(C#N)cc1O. The Hall–Kier alpha value is -2.46. The number of hydrogen-bond acceptors (Lipinski definition) is 6. The molecule has 6 nitrogen and oxygen atoms in total. The lowest BCUT2D eigenvalue weighted by molar-refractivity contribution is -0.121. The van der Waals surface area contributed by atoms with E-state index in [9.17, 15) is 14.7 Å². The van der Waals surface area contributed by atoms with Crippen LogP contribution in [0, 0.1) is 11.3 Å². The molecule has 0 bridgehead atoms. The Morgan fingerprint density at radius 2 is 2.15 bits per heavy atom. The molecule has 1 aliphatic heterocycles. The van der Waals surface area contributed by atoms with Crippen molar-refractivity contribution in [2.24, 2.45) is 0 Å². The number of hydrogen-bond donors (Lipinski definition) is 1. The van der Waals surface area contributed by atoms with Crippen LogP contribution >= 0.6 is 11.8 Å². The number of carbonyl (C=O) groups is 2. The number of ether oxygens (including phenoxy) is 1. The average Bonchev–Trinajstić information content (AvgIpc) is 2.67. The summed E-state index contributed by atoms with van der Waals surface area (Å²) in [5.41, 5.74) is 0.590. The van der Waals surface area contributed by atoms with Gasteiger partial charge in [0.2, 0.25) is 0 Å². The van der Waals surface area contributed by atoms with E-state index in [1.807, 2.05) is 6.07 Å². The predicted molar refractivity (Wildman–Crippen MR) is 73.1 cm³/mol. The second-order valence-corrected chi connectivity index (χ2v) is 4.96. The molecule has 1 fully saturated rings. The van der Waals surface area contributed by atoms with Crippen LogP contribution in [0.3, 0.4) is 0 Å². The minimum absolute atomic E-state index is 0.162. The fourth-order valence-corrected chi connectivity index (χ4v) is 2.47. The number of likely N-dealkylation sites (N-methyl/N-ethyl adjacent to an activating group) is 1. The van der Waals surface area contributed by atoms with Gasteiger partial charge in [-0.05, 0) is 29.5 Å². The van der Waals surface area contributed by atoms with Gasteiger partial charge in [-0.1, -0.05) is 0 Å². The van der Waals surface area contributed by atoms with Crippen molar-refractivity contribution in [1.82, 2.24) is 4.90 Å². The second-order valence-electron chi connectivity index (χ2n) is 3.96. The Kier molecular flexibility index (Phi) is 3.68. The molecule has 1 heterocycles. The number of nitriles is 1. The highest BCUT2D eigenvalue weighted by Gasteiger charge is 2.32. The average molecular weight is 290 g/mol. The lowest BCUT2D eigenvalue weighted by Gasteiger charge is -2.06. The number of benzene rings is 1. The number of nitrogens with zero attached hydrogens (tertiary/aromatic N) is 2. The third-order valence-corrected chi connectivity index (χ3v) is 3.71. The Morgan fingerprint density at radius 3 is 2.65 bits per heavy atom. The summed E-state index contributed by atoms with van der Waals surface area (Å²) in [6, 6.07) is 4.61. The van der Waals surface area contributed by atoms with Crippen molar-refractivity contribution >= 4 is 29.0 Å². The summed E-state index contributed by atoms with van der Waals surface area (Å²) >= 11 is 0.799. The standard InChI is InChI=1S/C13H10N2O4S/c1-15-12(17)11(20-13(15)18)5-7-4-10(19-2)9(16)3-8(7)6-14/h3-5,16H,1-2H3/b11-5-. The number of rotatable bonds is 2. The quantitative estimate of drug-likeness (QED) is 0.837. The molecule has 1 saturated heterocycles. The highest BCUT2D eigenvalue weighted by atomic mass is 32.2. The van der Waals surface area contributed by atoms with Gasteiger partial charge in [-0.15, -0.1) is 0 Å². The molecule has 0 aromatic heterocycles. The van der Waals surface area contributed by atoms with Crippen LogP contribution in [0.5, 0.6) is 11.5 Å². The molecule has 0 spiro atoms. The maximum atomic E-state index is 11.8. The first-order valence-electron chi connectivity index (χ1n) is 5.50. The molecule has 1 aromatic carbocycles. The van der Waals surface area contributed by atoms with E-state index in [1.165, 1.54) is 32.4 Å². The van der Waals surface area contributed by atoms with Gasteiger partial charge in [-0.25, -0.2) is 0 Å². The third kappa shape index (κ3) is 2.33. The second kappa shape index (κ2) is 5.27. The predicted octanol–water partition coefficient (Wildman–Crippen LogP) is 1.94. The molecule has 1 aliphatic rings. The molecule has 1 aromatic rings. The molecule has 0 aliphatic carbocycles. The Labute approximate surface area is 119 Å². The third-order valence-electron chi connectivity index (χ3n) is 2.74. The van der Waals surface area contributed by atoms with E-state index in [2.05, 4.69) is 0 Å². The summed E-state index contributed by atoms with van der Waals surface area (Å²) in [7, 11) is 2.77. The minimum Gasteiger partial charge on any atom is -0.504 e. The van der Waals surface area contributed by atoms with Crippen LogP contribution in [-0.4, -0.2) is 35.3 Å². The first-order chi connectivity index (χ1) is 9.47. The van der Waals surface area contributed by atoms with Crippen LogP contribution in [0.2, 0.25) is 0 Å². The van der Waals surface area contributed by atoms with Crippen LogP contribution in [-0.2, 0) is 4.79 Å². The molecule has 102 valence electrons. The van der Waals surface area contributed by atoms with Gasteiger partial charge < -0.3 is 9.84 Å². The smallest absolute Gasteiger partial charge is 0.293 e. The molecule has 0 saturated carbocycles. The normalized spacial score (nSPS) is 16.6. The zero-order valence-electron chi connectivity index (χ0n) is 10.7. The maximum Gasteiger partial charge on any atom is 0.293 e. The molecule has 20 heavy (non-hydrogen) atoms. The van der Waals surface area contributed by atoms with Gasteiger partial charge in [0.15, 0.2) is 11.5 Å².